The van der Waals surface area contributed by atoms with Gasteiger partial charge in [0.05, 0.1) is 12.6 Å². The van der Waals surface area contributed by atoms with Gasteiger partial charge in [-0.2, -0.15) is 0 Å². The number of hydrogen-bond acceptors (Lipinski definition) is 2. The second-order valence-corrected chi connectivity index (χ2v) is 5.28. The lowest BCUT2D eigenvalue weighted by molar-refractivity contribution is 0.202. The standard InChI is InChI=1S/C17H19ClFNO/c1-20-17(15-8-7-14(19)11-16(15)18)13-5-3-12(4-6-13)9-10-21-2/h3-8,11,17,20H,9-10H2,1-2H3. The molecule has 1 N–H and O–H groups in total. The van der Waals surface area contributed by atoms with Crippen molar-refractivity contribution in [2.75, 3.05) is 20.8 Å². The molecule has 2 aromatic rings. The summed E-state index contributed by atoms with van der Waals surface area (Å²) in [7, 11) is 3.56. The van der Waals surface area contributed by atoms with Gasteiger partial charge < -0.3 is 10.1 Å². The van der Waals surface area contributed by atoms with E-state index in [9.17, 15) is 4.39 Å². The summed E-state index contributed by atoms with van der Waals surface area (Å²) < 4.78 is 18.2. The maximum Gasteiger partial charge on any atom is 0.124 e. The molecule has 0 saturated heterocycles. The molecule has 0 saturated carbocycles. The van der Waals surface area contributed by atoms with E-state index >= 15 is 0 Å². The molecule has 0 spiro atoms. The van der Waals surface area contributed by atoms with Gasteiger partial charge in [-0.1, -0.05) is 41.9 Å². The Morgan fingerprint density at radius 1 is 1.19 bits per heavy atom. The van der Waals surface area contributed by atoms with Crippen LogP contribution in [-0.2, 0) is 11.2 Å². The largest absolute Gasteiger partial charge is 0.384 e. The molecule has 1 unspecified atom stereocenters. The second-order valence-electron chi connectivity index (χ2n) is 4.87. The summed E-state index contributed by atoms with van der Waals surface area (Å²) in [5.41, 5.74) is 3.18. The van der Waals surface area contributed by atoms with E-state index in [0.717, 1.165) is 17.5 Å². The average Bonchev–Trinajstić information content (AvgIpc) is 2.49. The first-order valence-corrected chi connectivity index (χ1v) is 7.23. The molecule has 2 aromatic carbocycles. The lowest BCUT2D eigenvalue weighted by atomic mass is 9.97. The summed E-state index contributed by atoms with van der Waals surface area (Å²) in [6, 6.07) is 12.7. The molecule has 0 aliphatic rings. The highest BCUT2D eigenvalue weighted by Gasteiger charge is 2.15. The molecule has 21 heavy (non-hydrogen) atoms. The third-order valence-electron chi connectivity index (χ3n) is 3.47. The zero-order valence-electron chi connectivity index (χ0n) is 12.2. The Kier molecular flexibility index (Phi) is 5.74. The van der Waals surface area contributed by atoms with E-state index in [1.54, 1.807) is 13.2 Å². The van der Waals surface area contributed by atoms with Crippen LogP contribution >= 0.6 is 11.6 Å². The van der Waals surface area contributed by atoms with E-state index in [2.05, 4.69) is 29.6 Å². The predicted molar refractivity (Wildman–Crippen MR) is 84.3 cm³/mol. The first kappa shape index (κ1) is 16.0. The number of ether oxygens (including phenoxy) is 1. The summed E-state index contributed by atoms with van der Waals surface area (Å²) in [6.07, 6.45) is 0.887. The van der Waals surface area contributed by atoms with Gasteiger partial charge in [-0.3, -0.25) is 0 Å². The van der Waals surface area contributed by atoms with E-state index in [1.807, 2.05) is 7.05 Å². The topological polar surface area (TPSA) is 21.3 Å². The lowest BCUT2D eigenvalue weighted by Gasteiger charge is -2.19. The number of halogens is 2. The highest BCUT2D eigenvalue weighted by Crippen LogP contribution is 2.28. The fraction of sp³-hybridized carbons (Fsp3) is 0.294. The van der Waals surface area contributed by atoms with Crippen LogP contribution in [0.25, 0.3) is 0 Å². The summed E-state index contributed by atoms with van der Waals surface area (Å²) in [6.45, 7) is 0.707. The van der Waals surface area contributed by atoms with Crippen molar-refractivity contribution in [1.29, 1.82) is 0 Å². The van der Waals surface area contributed by atoms with Crippen molar-refractivity contribution in [3.63, 3.8) is 0 Å². The molecule has 0 aliphatic carbocycles. The van der Waals surface area contributed by atoms with Crippen LogP contribution in [0.15, 0.2) is 42.5 Å². The van der Waals surface area contributed by atoms with Crippen molar-refractivity contribution in [3.8, 4) is 0 Å². The summed E-state index contributed by atoms with van der Waals surface area (Å²) in [5, 5.41) is 3.65. The zero-order chi connectivity index (χ0) is 15.2. The molecular weight excluding hydrogens is 289 g/mol. The van der Waals surface area contributed by atoms with Crippen LogP contribution in [0.3, 0.4) is 0 Å². The van der Waals surface area contributed by atoms with Crippen LogP contribution < -0.4 is 5.32 Å². The van der Waals surface area contributed by atoms with Crippen LogP contribution in [-0.4, -0.2) is 20.8 Å². The lowest BCUT2D eigenvalue weighted by Crippen LogP contribution is -2.18. The molecule has 0 bridgehead atoms. The van der Waals surface area contributed by atoms with E-state index in [-0.39, 0.29) is 11.9 Å². The molecule has 0 radical (unpaired) electrons. The quantitative estimate of drug-likeness (QED) is 0.871. The second kappa shape index (κ2) is 7.55. The normalized spacial score (nSPS) is 12.4. The molecular formula is C17H19ClFNO. The Morgan fingerprint density at radius 3 is 2.48 bits per heavy atom. The minimum atomic E-state index is -0.325. The van der Waals surface area contributed by atoms with Gasteiger partial charge in [0.1, 0.15) is 5.82 Å². The van der Waals surface area contributed by atoms with Gasteiger partial charge >= 0.3 is 0 Å². The highest BCUT2D eigenvalue weighted by molar-refractivity contribution is 6.31. The minimum absolute atomic E-state index is 0.0606. The Labute approximate surface area is 129 Å². The maximum atomic E-state index is 13.2. The third kappa shape index (κ3) is 4.03. The number of benzene rings is 2. The molecule has 2 nitrogen and oxygen atoms in total. The molecule has 1 atom stereocenters. The van der Waals surface area contributed by atoms with Crippen LogP contribution in [0.2, 0.25) is 5.02 Å². The Balaban J connectivity index is 2.24. The van der Waals surface area contributed by atoms with Gasteiger partial charge in [0.2, 0.25) is 0 Å². The Hall–Kier alpha value is -1.42. The molecule has 112 valence electrons. The van der Waals surface area contributed by atoms with E-state index < -0.39 is 0 Å². The van der Waals surface area contributed by atoms with Gasteiger partial charge in [-0.15, -0.1) is 0 Å². The van der Waals surface area contributed by atoms with Gasteiger partial charge in [0.15, 0.2) is 0 Å². The van der Waals surface area contributed by atoms with E-state index in [0.29, 0.717) is 11.6 Å². The smallest absolute Gasteiger partial charge is 0.124 e. The van der Waals surface area contributed by atoms with E-state index in [4.69, 9.17) is 16.3 Å². The minimum Gasteiger partial charge on any atom is -0.384 e. The van der Waals surface area contributed by atoms with E-state index in [1.165, 1.54) is 17.7 Å². The molecule has 0 aromatic heterocycles. The summed E-state index contributed by atoms with van der Waals surface area (Å²) >= 11 is 6.16. The molecule has 0 aliphatic heterocycles. The summed E-state index contributed by atoms with van der Waals surface area (Å²) in [4.78, 5) is 0. The SMILES string of the molecule is CNC(c1ccc(CCOC)cc1)c1ccc(F)cc1Cl. The number of hydrogen-bond donors (Lipinski definition) is 1. The molecule has 0 fully saturated rings. The predicted octanol–water partition coefficient (Wildman–Crippen LogP) is 3.98. The van der Waals surface area contributed by atoms with Crippen molar-refractivity contribution in [1.82, 2.24) is 5.32 Å². The van der Waals surface area contributed by atoms with Crippen LogP contribution in [0.1, 0.15) is 22.7 Å². The summed E-state index contributed by atoms with van der Waals surface area (Å²) in [5.74, 6) is -0.325. The molecule has 2 rings (SSSR count). The van der Waals surface area contributed by atoms with Gasteiger partial charge in [-0.05, 0) is 42.3 Å². The molecule has 0 amide bonds. The van der Waals surface area contributed by atoms with Crippen molar-refractivity contribution in [3.05, 3.63) is 70.0 Å². The average molecular weight is 308 g/mol. The Morgan fingerprint density at radius 2 is 1.90 bits per heavy atom. The highest BCUT2D eigenvalue weighted by atomic mass is 35.5. The first-order chi connectivity index (χ1) is 10.2. The molecule has 4 heteroatoms. The van der Waals surface area contributed by atoms with Gasteiger partial charge in [0, 0.05) is 12.1 Å². The van der Waals surface area contributed by atoms with Crippen molar-refractivity contribution < 1.29 is 9.13 Å². The maximum absolute atomic E-state index is 13.2. The molecule has 0 heterocycles. The van der Waals surface area contributed by atoms with Gasteiger partial charge in [-0.25, -0.2) is 4.39 Å². The number of nitrogens with one attached hydrogen (secondary N) is 1. The first-order valence-electron chi connectivity index (χ1n) is 6.85. The number of methoxy groups -OCH3 is 1. The Bertz CT molecular complexity index is 586. The van der Waals surface area contributed by atoms with Crippen LogP contribution in [0.4, 0.5) is 4.39 Å². The van der Waals surface area contributed by atoms with Crippen molar-refractivity contribution in [2.24, 2.45) is 0 Å². The van der Waals surface area contributed by atoms with Crippen LogP contribution in [0.5, 0.6) is 0 Å². The van der Waals surface area contributed by atoms with Crippen LogP contribution in [0, 0.1) is 5.82 Å². The van der Waals surface area contributed by atoms with Gasteiger partial charge in [0.25, 0.3) is 0 Å². The number of rotatable bonds is 6. The van der Waals surface area contributed by atoms with Crippen molar-refractivity contribution >= 4 is 11.6 Å². The van der Waals surface area contributed by atoms with Crippen molar-refractivity contribution in [2.45, 2.75) is 12.5 Å². The fourth-order valence-electron chi connectivity index (χ4n) is 2.33. The monoisotopic (exact) mass is 307 g/mol. The zero-order valence-corrected chi connectivity index (χ0v) is 13.0. The third-order valence-corrected chi connectivity index (χ3v) is 3.80. The fourth-order valence-corrected chi connectivity index (χ4v) is 2.61.